The minimum atomic E-state index is -0.917. The zero-order valence-corrected chi connectivity index (χ0v) is 23.7. The number of anilines is 1. The lowest BCUT2D eigenvalue weighted by Crippen LogP contribution is -2.54. The molecule has 1 aliphatic heterocycles. The molecule has 1 N–H and O–H groups in total. The molecule has 4 amide bonds. The van der Waals surface area contributed by atoms with Crippen molar-refractivity contribution >= 4 is 81.1 Å². The number of carbonyl (C=O) groups excluding carboxylic acids is 3. The summed E-state index contributed by atoms with van der Waals surface area (Å²) in [5.74, 6) is -0.911. The highest BCUT2D eigenvalue weighted by molar-refractivity contribution is 14.1. The quantitative estimate of drug-likeness (QED) is 0.0993. The van der Waals surface area contributed by atoms with Gasteiger partial charge in [0, 0.05) is 12.1 Å². The number of barbiturate groups is 1. The number of amides is 4. The molecule has 3 aromatic carbocycles. The van der Waals surface area contributed by atoms with E-state index in [1.165, 1.54) is 36.4 Å². The Morgan fingerprint density at radius 1 is 1.03 bits per heavy atom. The van der Waals surface area contributed by atoms with Crippen molar-refractivity contribution in [3.05, 3.63) is 95.0 Å². The lowest BCUT2D eigenvalue weighted by Gasteiger charge is -2.26. The topological polar surface area (TPSA) is 128 Å². The zero-order valence-electron chi connectivity index (χ0n) is 20.1. The predicted molar refractivity (Wildman–Crippen MR) is 153 cm³/mol. The summed E-state index contributed by atoms with van der Waals surface area (Å²) in [4.78, 5) is 49.5. The molecule has 1 aliphatic rings. The van der Waals surface area contributed by atoms with Gasteiger partial charge in [0.2, 0.25) is 0 Å². The molecule has 4 rings (SSSR count). The van der Waals surface area contributed by atoms with Gasteiger partial charge >= 0.3 is 6.03 Å². The third kappa shape index (κ3) is 6.32. The van der Waals surface area contributed by atoms with Gasteiger partial charge in [0.25, 0.3) is 17.5 Å². The number of imide groups is 2. The molecule has 0 bridgehead atoms. The molecule has 13 heteroatoms. The van der Waals surface area contributed by atoms with Crippen LogP contribution < -0.4 is 19.7 Å². The van der Waals surface area contributed by atoms with E-state index in [0.29, 0.717) is 32.8 Å². The number of carbonyl (C=O) groups is 3. The first-order valence-corrected chi connectivity index (χ1v) is 13.1. The molecule has 3 aromatic rings. The van der Waals surface area contributed by atoms with Gasteiger partial charge in [-0.3, -0.25) is 25.0 Å². The molecular weight excluding hydrogens is 664 g/mol. The summed E-state index contributed by atoms with van der Waals surface area (Å²) in [7, 11) is 0. The fourth-order valence-corrected chi connectivity index (χ4v) is 4.70. The first kappa shape index (κ1) is 28.3. The number of halogens is 3. The van der Waals surface area contributed by atoms with Crippen LogP contribution in [0.2, 0.25) is 10.0 Å². The number of hydrogen-bond donors (Lipinski definition) is 1. The van der Waals surface area contributed by atoms with Gasteiger partial charge in [-0.15, -0.1) is 0 Å². The van der Waals surface area contributed by atoms with Gasteiger partial charge in [-0.1, -0.05) is 23.2 Å². The van der Waals surface area contributed by atoms with Crippen molar-refractivity contribution in [3.8, 4) is 11.5 Å². The van der Waals surface area contributed by atoms with E-state index in [1.54, 1.807) is 31.2 Å². The van der Waals surface area contributed by atoms with E-state index in [9.17, 15) is 24.5 Å². The smallest absolute Gasteiger partial charge is 0.335 e. The summed E-state index contributed by atoms with van der Waals surface area (Å²) in [6.45, 7) is 2.22. The van der Waals surface area contributed by atoms with E-state index in [4.69, 9.17) is 32.7 Å². The van der Waals surface area contributed by atoms with Gasteiger partial charge < -0.3 is 9.47 Å². The van der Waals surface area contributed by atoms with Gasteiger partial charge in [-0.05, 0) is 89.2 Å². The normalized spacial score (nSPS) is 14.4. The van der Waals surface area contributed by atoms with Gasteiger partial charge in [0.1, 0.15) is 12.2 Å². The molecule has 0 unspecified atom stereocenters. The Hall–Kier alpha value is -3.68. The molecule has 0 aliphatic carbocycles. The second kappa shape index (κ2) is 12.0. The van der Waals surface area contributed by atoms with Crippen molar-refractivity contribution in [2.75, 3.05) is 11.5 Å². The molecular formula is C26H18Cl2IN3O7. The number of ether oxygens (including phenoxy) is 2. The SMILES string of the molecule is CCOc1cc(/C=C2\C(=O)NC(=O)N(c3ccc(Cl)c(Cl)c3)C2=O)cc(I)c1OCc1ccc([N+](=O)[O-])cc1. The number of nitro groups is 1. The Bertz CT molecular complexity index is 1530. The number of nitrogens with zero attached hydrogens (tertiary/aromatic N) is 2. The highest BCUT2D eigenvalue weighted by Gasteiger charge is 2.37. The number of hydrogen-bond acceptors (Lipinski definition) is 7. The molecule has 0 atom stereocenters. The summed E-state index contributed by atoms with van der Waals surface area (Å²) in [5.41, 5.74) is 0.999. The van der Waals surface area contributed by atoms with Crippen LogP contribution >= 0.6 is 45.8 Å². The lowest BCUT2D eigenvalue weighted by atomic mass is 10.1. The van der Waals surface area contributed by atoms with E-state index in [2.05, 4.69) is 5.32 Å². The zero-order chi connectivity index (χ0) is 28.3. The molecule has 0 spiro atoms. The van der Waals surface area contributed by atoms with E-state index in [0.717, 1.165) is 4.90 Å². The Balaban J connectivity index is 1.63. The third-order valence-electron chi connectivity index (χ3n) is 5.44. The van der Waals surface area contributed by atoms with Crippen molar-refractivity contribution in [1.82, 2.24) is 5.32 Å². The van der Waals surface area contributed by atoms with Crippen LogP contribution in [0.5, 0.6) is 11.5 Å². The molecule has 1 saturated heterocycles. The molecule has 200 valence electrons. The fraction of sp³-hybridized carbons (Fsp3) is 0.115. The number of benzene rings is 3. The second-order valence-corrected chi connectivity index (χ2v) is 10.0. The average molecular weight is 682 g/mol. The van der Waals surface area contributed by atoms with E-state index in [1.807, 2.05) is 22.6 Å². The van der Waals surface area contributed by atoms with E-state index < -0.39 is 22.8 Å². The highest BCUT2D eigenvalue weighted by atomic mass is 127. The van der Waals surface area contributed by atoms with Crippen LogP contribution in [0.4, 0.5) is 16.2 Å². The van der Waals surface area contributed by atoms with Crippen LogP contribution in [0.3, 0.4) is 0 Å². The average Bonchev–Trinajstić information content (AvgIpc) is 2.88. The lowest BCUT2D eigenvalue weighted by molar-refractivity contribution is -0.384. The summed E-state index contributed by atoms with van der Waals surface area (Å²) >= 11 is 14.0. The predicted octanol–water partition coefficient (Wildman–Crippen LogP) is 6.15. The monoisotopic (exact) mass is 681 g/mol. The third-order valence-corrected chi connectivity index (χ3v) is 6.98. The van der Waals surface area contributed by atoms with Crippen molar-refractivity contribution < 1.29 is 28.8 Å². The van der Waals surface area contributed by atoms with Crippen LogP contribution in [0.1, 0.15) is 18.1 Å². The first-order valence-electron chi connectivity index (χ1n) is 11.3. The Morgan fingerprint density at radius 2 is 1.74 bits per heavy atom. The summed E-state index contributed by atoms with van der Waals surface area (Å²) in [6, 6.07) is 12.6. The Morgan fingerprint density at radius 3 is 2.38 bits per heavy atom. The van der Waals surface area contributed by atoms with Crippen molar-refractivity contribution in [2.24, 2.45) is 0 Å². The molecule has 0 radical (unpaired) electrons. The van der Waals surface area contributed by atoms with Crippen LogP contribution in [0, 0.1) is 13.7 Å². The molecule has 1 fully saturated rings. The number of nitro benzene ring substituents is 1. The maximum atomic E-state index is 13.2. The van der Waals surface area contributed by atoms with Crippen LogP contribution in [-0.4, -0.2) is 29.4 Å². The molecule has 0 aromatic heterocycles. The van der Waals surface area contributed by atoms with E-state index in [-0.39, 0.29) is 33.6 Å². The summed E-state index contributed by atoms with van der Waals surface area (Å²) in [5, 5.41) is 13.4. The fourth-order valence-electron chi connectivity index (χ4n) is 3.63. The maximum Gasteiger partial charge on any atom is 0.335 e. The van der Waals surface area contributed by atoms with Crippen molar-refractivity contribution in [3.63, 3.8) is 0 Å². The highest BCUT2D eigenvalue weighted by Crippen LogP contribution is 2.36. The van der Waals surface area contributed by atoms with Crippen molar-refractivity contribution in [1.29, 1.82) is 0 Å². The van der Waals surface area contributed by atoms with Crippen LogP contribution in [0.15, 0.2) is 60.2 Å². The largest absolute Gasteiger partial charge is 0.490 e. The first-order chi connectivity index (χ1) is 18.6. The number of non-ortho nitro benzene ring substituents is 1. The maximum absolute atomic E-state index is 13.2. The Labute approximate surface area is 245 Å². The molecule has 39 heavy (non-hydrogen) atoms. The number of nitrogens with one attached hydrogen (secondary N) is 1. The summed E-state index contributed by atoms with van der Waals surface area (Å²) in [6.07, 6.45) is 1.35. The second-order valence-electron chi connectivity index (χ2n) is 8.03. The van der Waals surface area contributed by atoms with Gasteiger partial charge in [0.05, 0.1) is 30.8 Å². The van der Waals surface area contributed by atoms with Gasteiger partial charge in [0.15, 0.2) is 11.5 Å². The van der Waals surface area contributed by atoms with Gasteiger partial charge in [-0.2, -0.15) is 0 Å². The van der Waals surface area contributed by atoms with Crippen LogP contribution in [-0.2, 0) is 16.2 Å². The summed E-state index contributed by atoms with van der Waals surface area (Å²) < 4.78 is 12.3. The minimum absolute atomic E-state index is 0.0264. The van der Waals surface area contributed by atoms with E-state index >= 15 is 0 Å². The standard InChI is InChI=1S/C26H18Cl2IN3O7/c1-2-38-22-11-15(10-21(29)23(22)39-13-14-3-5-16(6-4-14)32(36)37)9-18-24(33)30-26(35)31(25(18)34)17-7-8-19(27)20(28)12-17/h3-12H,2,13H2,1H3,(H,30,33,35)/b18-9+. The van der Waals surface area contributed by atoms with Crippen LogP contribution in [0.25, 0.3) is 6.08 Å². The molecule has 1 heterocycles. The number of rotatable bonds is 8. The Kier molecular flexibility index (Phi) is 8.73. The molecule has 0 saturated carbocycles. The number of urea groups is 1. The minimum Gasteiger partial charge on any atom is -0.490 e. The molecule has 10 nitrogen and oxygen atoms in total. The van der Waals surface area contributed by atoms with Gasteiger partial charge in [-0.25, -0.2) is 9.69 Å². The van der Waals surface area contributed by atoms with Crippen molar-refractivity contribution in [2.45, 2.75) is 13.5 Å².